The molecule has 0 aromatic heterocycles. The molecule has 0 aliphatic heterocycles. The summed E-state index contributed by atoms with van der Waals surface area (Å²) in [6.07, 6.45) is 5.85. The number of benzene rings is 1. The molecule has 1 aromatic rings. The summed E-state index contributed by atoms with van der Waals surface area (Å²) >= 11 is 0. The second-order valence-corrected chi connectivity index (χ2v) is 4.11. The first-order valence-electron chi connectivity index (χ1n) is 6.03. The van der Waals surface area contributed by atoms with Gasteiger partial charge in [0.15, 0.2) is 0 Å². The predicted molar refractivity (Wildman–Crippen MR) is 65.0 cm³/mol. The summed E-state index contributed by atoms with van der Waals surface area (Å²) in [5.41, 5.74) is 3.84. The fraction of sp³-hybridized carbons (Fsp3) is 0.571. The molecule has 84 valence electrons. The first-order valence-corrected chi connectivity index (χ1v) is 6.03. The zero-order valence-corrected chi connectivity index (χ0v) is 9.92. The molecule has 0 unspecified atom stereocenters. The number of hydrogen-bond acceptors (Lipinski definition) is 1. The van der Waals surface area contributed by atoms with Crippen LogP contribution in [0.3, 0.4) is 0 Å². The fourth-order valence-electron chi connectivity index (χ4n) is 1.88. The summed E-state index contributed by atoms with van der Waals surface area (Å²) < 4.78 is 0. The molecule has 0 atom stereocenters. The molecule has 0 aliphatic rings. The summed E-state index contributed by atoms with van der Waals surface area (Å²) in [5.74, 6) is 0. The van der Waals surface area contributed by atoms with Gasteiger partial charge in [-0.25, -0.2) is 0 Å². The number of unbranched alkanes of at least 4 members (excludes halogenated alkanes) is 1. The highest BCUT2D eigenvalue weighted by molar-refractivity contribution is 5.32. The van der Waals surface area contributed by atoms with E-state index in [1.165, 1.54) is 30.4 Å². The van der Waals surface area contributed by atoms with E-state index >= 15 is 0 Å². The molecule has 0 bridgehead atoms. The smallest absolute Gasteiger partial charge is 0.0684 e. The van der Waals surface area contributed by atoms with Gasteiger partial charge in [0.05, 0.1) is 6.61 Å². The molecular formula is C14H22O. The number of aliphatic hydroxyl groups is 1. The minimum absolute atomic E-state index is 0.172. The first-order chi connectivity index (χ1) is 7.31. The lowest BCUT2D eigenvalue weighted by Gasteiger charge is -2.09. The molecule has 1 heteroatoms. The van der Waals surface area contributed by atoms with Crippen LogP contribution in [0.15, 0.2) is 18.2 Å². The largest absolute Gasteiger partial charge is 0.392 e. The molecule has 0 saturated heterocycles. The Bertz CT molecular complexity index is 291. The van der Waals surface area contributed by atoms with E-state index in [0.29, 0.717) is 0 Å². The van der Waals surface area contributed by atoms with Crippen LogP contribution in [-0.4, -0.2) is 5.11 Å². The van der Waals surface area contributed by atoms with E-state index in [4.69, 9.17) is 0 Å². The van der Waals surface area contributed by atoms with E-state index < -0.39 is 0 Å². The van der Waals surface area contributed by atoms with Crippen LogP contribution >= 0.6 is 0 Å². The van der Waals surface area contributed by atoms with Gasteiger partial charge in [0, 0.05) is 0 Å². The van der Waals surface area contributed by atoms with Crippen molar-refractivity contribution in [3.8, 4) is 0 Å². The SMILES string of the molecule is CCCCc1cc(CCC)ccc1CO. The average Bonchev–Trinajstić information content (AvgIpc) is 2.27. The lowest BCUT2D eigenvalue weighted by atomic mass is 9.98. The van der Waals surface area contributed by atoms with E-state index in [1.807, 2.05) is 0 Å². The lowest BCUT2D eigenvalue weighted by Crippen LogP contribution is -1.96. The zero-order chi connectivity index (χ0) is 11.1. The van der Waals surface area contributed by atoms with Gasteiger partial charge in [0.2, 0.25) is 0 Å². The quantitative estimate of drug-likeness (QED) is 0.755. The summed E-state index contributed by atoms with van der Waals surface area (Å²) in [7, 11) is 0. The third kappa shape index (κ3) is 3.67. The number of aliphatic hydroxyl groups excluding tert-OH is 1. The normalized spacial score (nSPS) is 10.6. The highest BCUT2D eigenvalue weighted by Crippen LogP contribution is 2.16. The van der Waals surface area contributed by atoms with Crippen molar-refractivity contribution >= 4 is 0 Å². The summed E-state index contributed by atoms with van der Waals surface area (Å²) in [6, 6.07) is 6.49. The molecular weight excluding hydrogens is 184 g/mol. The van der Waals surface area contributed by atoms with E-state index in [-0.39, 0.29) is 6.61 Å². The maximum Gasteiger partial charge on any atom is 0.0684 e. The van der Waals surface area contributed by atoms with Crippen LogP contribution in [0.1, 0.15) is 49.8 Å². The molecule has 15 heavy (non-hydrogen) atoms. The predicted octanol–water partition coefficient (Wildman–Crippen LogP) is 3.47. The Morgan fingerprint density at radius 2 is 1.80 bits per heavy atom. The minimum Gasteiger partial charge on any atom is -0.392 e. The van der Waals surface area contributed by atoms with Gasteiger partial charge < -0.3 is 5.11 Å². The van der Waals surface area contributed by atoms with E-state index in [9.17, 15) is 5.11 Å². The zero-order valence-electron chi connectivity index (χ0n) is 9.92. The van der Waals surface area contributed by atoms with Crippen LogP contribution < -0.4 is 0 Å². The van der Waals surface area contributed by atoms with Crippen molar-refractivity contribution in [1.29, 1.82) is 0 Å². The van der Waals surface area contributed by atoms with Gasteiger partial charge in [-0.1, -0.05) is 44.9 Å². The second kappa shape index (κ2) is 6.62. The average molecular weight is 206 g/mol. The van der Waals surface area contributed by atoms with Gasteiger partial charge in [0.1, 0.15) is 0 Å². The van der Waals surface area contributed by atoms with Gasteiger partial charge in [-0.3, -0.25) is 0 Å². The molecule has 0 fully saturated rings. The number of hydrogen-bond donors (Lipinski definition) is 1. The number of rotatable bonds is 6. The van der Waals surface area contributed by atoms with Crippen molar-refractivity contribution in [2.24, 2.45) is 0 Å². The molecule has 0 aliphatic carbocycles. The molecule has 0 spiro atoms. The highest BCUT2D eigenvalue weighted by atomic mass is 16.3. The van der Waals surface area contributed by atoms with E-state index in [2.05, 4.69) is 32.0 Å². The first kappa shape index (κ1) is 12.3. The van der Waals surface area contributed by atoms with Gasteiger partial charge in [-0.15, -0.1) is 0 Å². The van der Waals surface area contributed by atoms with E-state index in [0.717, 1.165) is 18.4 Å². The Morgan fingerprint density at radius 3 is 2.40 bits per heavy atom. The highest BCUT2D eigenvalue weighted by Gasteiger charge is 2.02. The van der Waals surface area contributed by atoms with E-state index in [1.54, 1.807) is 0 Å². The van der Waals surface area contributed by atoms with Crippen molar-refractivity contribution in [2.45, 2.75) is 52.6 Å². The van der Waals surface area contributed by atoms with Crippen molar-refractivity contribution in [3.63, 3.8) is 0 Å². The minimum atomic E-state index is 0.172. The third-order valence-corrected chi connectivity index (χ3v) is 2.78. The maximum absolute atomic E-state index is 9.24. The molecule has 0 amide bonds. The Kier molecular flexibility index (Phi) is 5.41. The molecule has 1 N–H and O–H groups in total. The summed E-state index contributed by atoms with van der Waals surface area (Å²) in [6.45, 7) is 4.58. The van der Waals surface area contributed by atoms with Crippen LogP contribution in [0.25, 0.3) is 0 Å². The summed E-state index contributed by atoms with van der Waals surface area (Å²) in [5, 5.41) is 9.24. The summed E-state index contributed by atoms with van der Waals surface area (Å²) in [4.78, 5) is 0. The van der Waals surface area contributed by atoms with Crippen LogP contribution in [0.4, 0.5) is 0 Å². The Balaban J connectivity index is 2.81. The van der Waals surface area contributed by atoms with Crippen LogP contribution in [0.2, 0.25) is 0 Å². The molecule has 1 aromatic carbocycles. The topological polar surface area (TPSA) is 20.2 Å². The standard InChI is InChI=1S/C14H22O/c1-3-5-7-13-10-12(6-4-2)8-9-14(13)11-15/h8-10,15H,3-7,11H2,1-2H3. The van der Waals surface area contributed by atoms with Crippen LogP contribution in [0, 0.1) is 0 Å². The fourth-order valence-corrected chi connectivity index (χ4v) is 1.88. The van der Waals surface area contributed by atoms with Gasteiger partial charge in [-0.2, -0.15) is 0 Å². The van der Waals surface area contributed by atoms with Crippen molar-refractivity contribution in [3.05, 3.63) is 34.9 Å². The monoisotopic (exact) mass is 206 g/mol. The van der Waals surface area contributed by atoms with Gasteiger partial charge >= 0.3 is 0 Å². The second-order valence-electron chi connectivity index (χ2n) is 4.11. The van der Waals surface area contributed by atoms with Gasteiger partial charge in [-0.05, 0) is 36.0 Å². The Hall–Kier alpha value is -0.820. The molecule has 0 saturated carbocycles. The maximum atomic E-state index is 9.24. The molecule has 0 radical (unpaired) electrons. The van der Waals surface area contributed by atoms with Crippen molar-refractivity contribution in [1.82, 2.24) is 0 Å². The van der Waals surface area contributed by atoms with Gasteiger partial charge in [0.25, 0.3) is 0 Å². The third-order valence-electron chi connectivity index (χ3n) is 2.78. The molecule has 1 rings (SSSR count). The van der Waals surface area contributed by atoms with Crippen molar-refractivity contribution < 1.29 is 5.11 Å². The number of aryl methyl sites for hydroxylation is 2. The van der Waals surface area contributed by atoms with Crippen LogP contribution in [0.5, 0.6) is 0 Å². The molecule has 0 heterocycles. The van der Waals surface area contributed by atoms with Crippen molar-refractivity contribution in [2.75, 3.05) is 0 Å². The Morgan fingerprint density at radius 1 is 1.00 bits per heavy atom. The Labute approximate surface area is 93.1 Å². The molecule has 1 nitrogen and oxygen atoms in total. The van der Waals surface area contributed by atoms with Crippen LogP contribution in [-0.2, 0) is 19.4 Å². The lowest BCUT2D eigenvalue weighted by molar-refractivity contribution is 0.280.